The molecule has 0 fully saturated rings. The van der Waals surface area contributed by atoms with Crippen LogP contribution in [0.4, 0.5) is 5.69 Å². The molecule has 0 radical (unpaired) electrons. The molecule has 0 saturated carbocycles. The van der Waals surface area contributed by atoms with Crippen molar-refractivity contribution in [3.63, 3.8) is 0 Å². The van der Waals surface area contributed by atoms with Crippen molar-refractivity contribution in [3.8, 4) is 11.5 Å². The Morgan fingerprint density at radius 3 is 2.72 bits per heavy atom. The normalized spacial score (nSPS) is 11.0. The van der Waals surface area contributed by atoms with Crippen molar-refractivity contribution in [1.82, 2.24) is 4.98 Å². The number of nitrogens with zero attached hydrogens (tertiary/aromatic N) is 1. The van der Waals surface area contributed by atoms with Crippen LogP contribution in [0.1, 0.15) is 11.1 Å². The first-order chi connectivity index (χ1) is 8.65. The summed E-state index contributed by atoms with van der Waals surface area (Å²) < 4.78 is 5.78. The standard InChI is InChI=1S/C15H14N2O/c1-9-6-7-12(16)11(8-9)15-17-14-10(2)4-3-5-13(14)18-15/h3-8H,16H2,1-2H3. The van der Waals surface area contributed by atoms with E-state index in [2.05, 4.69) is 4.98 Å². The molecule has 0 unspecified atom stereocenters. The molecular formula is C15H14N2O. The summed E-state index contributed by atoms with van der Waals surface area (Å²) in [4.78, 5) is 4.54. The molecule has 2 aromatic carbocycles. The highest BCUT2D eigenvalue weighted by Crippen LogP contribution is 2.30. The van der Waals surface area contributed by atoms with Gasteiger partial charge in [0.1, 0.15) is 5.52 Å². The molecule has 1 aromatic heterocycles. The number of nitrogens with two attached hydrogens (primary N) is 1. The van der Waals surface area contributed by atoms with Gasteiger partial charge in [0, 0.05) is 5.69 Å². The van der Waals surface area contributed by atoms with Gasteiger partial charge in [0.15, 0.2) is 5.58 Å². The molecule has 3 heteroatoms. The average Bonchev–Trinajstić information content (AvgIpc) is 2.77. The molecule has 0 aliphatic carbocycles. The summed E-state index contributed by atoms with van der Waals surface area (Å²) in [5, 5.41) is 0. The lowest BCUT2D eigenvalue weighted by molar-refractivity contribution is 0.620. The Kier molecular flexibility index (Phi) is 2.33. The molecule has 90 valence electrons. The van der Waals surface area contributed by atoms with E-state index in [-0.39, 0.29) is 0 Å². The lowest BCUT2D eigenvalue weighted by Crippen LogP contribution is -1.90. The largest absolute Gasteiger partial charge is 0.436 e. The zero-order valence-corrected chi connectivity index (χ0v) is 10.4. The lowest BCUT2D eigenvalue weighted by atomic mass is 10.1. The number of hydrogen-bond donors (Lipinski definition) is 1. The van der Waals surface area contributed by atoms with Crippen molar-refractivity contribution < 1.29 is 4.42 Å². The monoisotopic (exact) mass is 238 g/mol. The topological polar surface area (TPSA) is 52.0 Å². The highest BCUT2D eigenvalue weighted by atomic mass is 16.3. The van der Waals surface area contributed by atoms with Gasteiger partial charge in [0.25, 0.3) is 0 Å². The summed E-state index contributed by atoms with van der Waals surface area (Å²) in [5.41, 5.74) is 11.5. The molecule has 18 heavy (non-hydrogen) atoms. The molecule has 0 bridgehead atoms. The minimum atomic E-state index is 0.584. The molecule has 0 aliphatic rings. The highest BCUT2D eigenvalue weighted by molar-refractivity contribution is 5.81. The Morgan fingerprint density at radius 2 is 1.94 bits per heavy atom. The number of para-hydroxylation sites is 1. The summed E-state index contributed by atoms with van der Waals surface area (Å²) in [6.45, 7) is 4.05. The van der Waals surface area contributed by atoms with Crippen molar-refractivity contribution in [2.45, 2.75) is 13.8 Å². The number of oxazole rings is 1. The molecule has 3 nitrogen and oxygen atoms in total. The number of anilines is 1. The predicted molar refractivity (Wildman–Crippen MR) is 73.3 cm³/mol. The van der Waals surface area contributed by atoms with Gasteiger partial charge < -0.3 is 10.2 Å². The molecule has 0 atom stereocenters. The van der Waals surface area contributed by atoms with E-state index in [9.17, 15) is 0 Å². The maximum absolute atomic E-state index is 5.98. The van der Waals surface area contributed by atoms with Gasteiger partial charge in [0.2, 0.25) is 5.89 Å². The molecule has 0 amide bonds. The fourth-order valence-corrected chi connectivity index (χ4v) is 2.06. The Bertz CT molecular complexity index is 728. The summed E-state index contributed by atoms with van der Waals surface area (Å²) >= 11 is 0. The minimum Gasteiger partial charge on any atom is -0.436 e. The van der Waals surface area contributed by atoms with Gasteiger partial charge in [-0.1, -0.05) is 23.8 Å². The van der Waals surface area contributed by atoms with Crippen molar-refractivity contribution >= 4 is 16.8 Å². The average molecular weight is 238 g/mol. The Balaban J connectivity index is 2.26. The second kappa shape index (κ2) is 3.88. The number of hydrogen-bond acceptors (Lipinski definition) is 3. The maximum atomic E-state index is 5.98. The quantitative estimate of drug-likeness (QED) is 0.658. The van der Waals surface area contributed by atoms with Crippen LogP contribution in [0.15, 0.2) is 40.8 Å². The van der Waals surface area contributed by atoms with Crippen molar-refractivity contribution in [3.05, 3.63) is 47.5 Å². The fourth-order valence-electron chi connectivity index (χ4n) is 2.06. The zero-order chi connectivity index (χ0) is 12.7. The van der Waals surface area contributed by atoms with E-state index in [1.54, 1.807) is 0 Å². The molecular weight excluding hydrogens is 224 g/mol. The van der Waals surface area contributed by atoms with Crippen LogP contribution in [0.5, 0.6) is 0 Å². The second-order valence-corrected chi connectivity index (χ2v) is 4.53. The zero-order valence-electron chi connectivity index (χ0n) is 10.4. The van der Waals surface area contributed by atoms with Crippen molar-refractivity contribution in [1.29, 1.82) is 0 Å². The van der Waals surface area contributed by atoms with Crippen molar-refractivity contribution in [2.24, 2.45) is 0 Å². The predicted octanol–water partition coefficient (Wildman–Crippen LogP) is 3.69. The van der Waals surface area contributed by atoms with E-state index >= 15 is 0 Å². The van der Waals surface area contributed by atoms with Crippen LogP contribution in [0, 0.1) is 13.8 Å². The first kappa shape index (κ1) is 10.8. The molecule has 0 saturated heterocycles. The van der Waals surface area contributed by atoms with Crippen LogP contribution >= 0.6 is 0 Å². The van der Waals surface area contributed by atoms with E-state index in [0.717, 1.165) is 27.8 Å². The van der Waals surface area contributed by atoms with Crippen LogP contribution in [0.3, 0.4) is 0 Å². The molecule has 0 aliphatic heterocycles. The van der Waals surface area contributed by atoms with Gasteiger partial charge >= 0.3 is 0 Å². The third kappa shape index (κ3) is 1.64. The lowest BCUT2D eigenvalue weighted by Gasteiger charge is -2.01. The number of benzene rings is 2. The Hall–Kier alpha value is -2.29. The summed E-state index contributed by atoms with van der Waals surface area (Å²) in [6, 6.07) is 11.8. The molecule has 1 heterocycles. The number of aryl methyl sites for hydroxylation is 2. The smallest absolute Gasteiger partial charge is 0.229 e. The fraction of sp³-hybridized carbons (Fsp3) is 0.133. The summed E-state index contributed by atoms with van der Waals surface area (Å²) in [5.74, 6) is 0.584. The SMILES string of the molecule is Cc1ccc(N)c(-c2nc3c(C)cccc3o2)c1. The van der Waals surface area contributed by atoms with Crippen molar-refractivity contribution in [2.75, 3.05) is 5.73 Å². The Labute approximate surface area is 105 Å². The third-order valence-corrected chi connectivity index (χ3v) is 3.06. The van der Waals surface area contributed by atoms with Crippen LogP contribution in [0.2, 0.25) is 0 Å². The van der Waals surface area contributed by atoms with Gasteiger partial charge in [-0.3, -0.25) is 0 Å². The number of rotatable bonds is 1. The van der Waals surface area contributed by atoms with Crippen LogP contribution in [-0.4, -0.2) is 4.98 Å². The summed E-state index contributed by atoms with van der Waals surface area (Å²) in [7, 11) is 0. The number of nitrogen functional groups attached to an aromatic ring is 1. The van der Waals surface area contributed by atoms with E-state index < -0.39 is 0 Å². The van der Waals surface area contributed by atoms with Gasteiger partial charge in [-0.25, -0.2) is 4.98 Å². The Morgan fingerprint density at radius 1 is 1.11 bits per heavy atom. The maximum Gasteiger partial charge on any atom is 0.229 e. The highest BCUT2D eigenvalue weighted by Gasteiger charge is 2.12. The van der Waals surface area contributed by atoms with Gasteiger partial charge in [-0.05, 0) is 37.6 Å². The van der Waals surface area contributed by atoms with Gasteiger partial charge in [-0.2, -0.15) is 0 Å². The molecule has 3 rings (SSSR count). The first-order valence-electron chi connectivity index (χ1n) is 5.88. The van der Waals surface area contributed by atoms with Crippen LogP contribution < -0.4 is 5.73 Å². The minimum absolute atomic E-state index is 0.584. The van der Waals surface area contributed by atoms with Crippen LogP contribution in [-0.2, 0) is 0 Å². The number of aromatic nitrogens is 1. The summed E-state index contributed by atoms with van der Waals surface area (Å²) in [6.07, 6.45) is 0. The first-order valence-corrected chi connectivity index (χ1v) is 5.88. The second-order valence-electron chi connectivity index (χ2n) is 4.53. The molecule has 3 aromatic rings. The molecule has 0 spiro atoms. The molecule has 2 N–H and O–H groups in total. The van der Waals surface area contributed by atoms with E-state index in [1.165, 1.54) is 0 Å². The number of fused-ring (bicyclic) bond motifs is 1. The van der Waals surface area contributed by atoms with E-state index in [1.807, 2.05) is 50.2 Å². The van der Waals surface area contributed by atoms with Gasteiger partial charge in [0.05, 0.1) is 5.56 Å². The van der Waals surface area contributed by atoms with Gasteiger partial charge in [-0.15, -0.1) is 0 Å². The van der Waals surface area contributed by atoms with E-state index in [4.69, 9.17) is 10.2 Å². The third-order valence-electron chi connectivity index (χ3n) is 3.06. The van der Waals surface area contributed by atoms with Crippen LogP contribution in [0.25, 0.3) is 22.6 Å². The van der Waals surface area contributed by atoms with E-state index in [0.29, 0.717) is 11.6 Å².